The lowest BCUT2D eigenvalue weighted by atomic mass is 10.0. The Morgan fingerprint density at radius 1 is 1.55 bits per heavy atom. The second-order valence-electron chi connectivity index (χ2n) is 4.30. The Labute approximate surface area is 123 Å². The lowest BCUT2D eigenvalue weighted by Crippen LogP contribution is -2.45. The first-order valence-electron chi connectivity index (χ1n) is 6.04. The molecule has 0 aliphatic heterocycles. The van der Waals surface area contributed by atoms with Gasteiger partial charge in [-0.25, -0.2) is 13.4 Å². The van der Waals surface area contributed by atoms with Crippen LogP contribution in [0.25, 0.3) is 0 Å². The van der Waals surface area contributed by atoms with Crippen LogP contribution >= 0.6 is 11.6 Å². The quantitative estimate of drug-likeness (QED) is 0.635. The standard InChI is InChI=1S/C12H17ClN2O4S/c1-4-8(2)10(12(16)19-3)15-20(17,18)9-6-5-7-14-11(9)13/h5-8,10,15H,4H2,1-3H3. The molecule has 6 nitrogen and oxygen atoms in total. The maximum absolute atomic E-state index is 12.3. The van der Waals surface area contributed by atoms with Gasteiger partial charge in [0.2, 0.25) is 10.0 Å². The molecule has 1 N–H and O–H groups in total. The zero-order valence-electron chi connectivity index (χ0n) is 11.5. The highest BCUT2D eigenvalue weighted by atomic mass is 35.5. The number of carbonyl (C=O) groups is 1. The molecule has 0 saturated carbocycles. The van der Waals surface area contributed by atoms with Crippen molar-refractivity contribution in [2.24, 2.45) is 5.92 Å². The fraction of sp³-hybridized carbons (Fsp3) is 0.500. The van der Waals surface area contributed by atoms with Crippen molar-refractivity contribution in [2.45, 2.75) is 31.2 Å². The molecule has 112 valence electrons. The van der Waals surface area contributed by atoms with Crippen LogP contribution in [-0.2, 0) is 19.6 Å². The van der Waals surface area contributed by atoms with Crippen molar-refractivity contribution < 1.29 is 17.9 Å². The normalized spacial score (nSPS) is 14.6. The molecule has 1 heterocycles. The highest BCUT2D eigenvalue weighted by Gasteiger charge is 2.31. The van der Waals surface area contributed by atoms with Crippen LogP contribution < -0.4 is 4.72 Å². The number of aromatic nitrogens is 1. The maximum atomic E-state index is 12.3. The third-order valence-corrected chi connectivity index (χ3v) is 4.85. The van der Waals surface area contributed by atoms with Crippen LogP contribution in [0.1, 0.15) is 20.3 Å². The molecule has 0 aliphatic carbocycles. The van der Waals surface area contributed by atoms with Gasteiger partial charge in [-0.05, 0) is 18.1 Å². The lowest BCUT2D eigenvalue weighted by molar-refractivity contribution is -0.143. The highest BCUT2D eigenvalue weighted by molar-refractivity contribution is 7.89. The van der Waals surface area contributed by atoms with Crippen molar-refractivity contribution in [1.29, 1.82) is 0 Å². The number of hydrogen-bond donors (Lipinski definition) is 1. The van der Waals surface area contributed by atoms with Gasteiger partial charge in [0.15, 0.2) is 0 Å². The number of halogens is 1. The molecular formula is C12H17ClN2O4S. The van der Waals surface area contributed by atoms with Gasteiger partial charge < -0.3 is 4.74 Å². The Hall–Kier alpha value is -1.18. The molecule has 2 unspecified atom stereocenters. The Bertz CT molecular complexity index is 577. The zero-order valence-corrected chi connectivity index (χ0v) is 13.0. The molecule has 8 heteroatoms. The van der Waals surface area contributed by atoms with Crippen LogP contribution in [0.2, 0.25) is 5.15 Å². The van der Waals surface area contributed by atoms with Crippen molar-refractivity contribution in [3.05, 3.63) is 23.5 Å². The molecule has 0 saturated heterocycles. The molecule has 1 aromatic heterocycles. The van der Waals surface area contributed by atoms with E-state index in [0.29, 0.717) is 6.42 Å². The number of methoxy groups -OCH3 is 1. The highest BCUT2D eigenvalue weighted by Crippen LogP contribution is 2.20. The largest absolute Gasteiger partial charge is 0.468 e. The summed E-state index contributed by atoms with van der Waals surface area (Å²) >= 11 is 5.77. The van der Waals surface area contributed by atoms with E-state index in [2.05, 4.69) is 14.4 Å². The summed E-state index contributed by atoms with van der Waals surface area (Å²) in [5.41, 5.74) is 0. The number of nitrogens with zero attached hydrogens (tertiary/aromatic N) is 1. The van der Waals surface area contributed by atoms with Gasteiger partial charge in [-0.15, -0.1) is 0 Å². The van der Waals surface area contributed by atoms with Crippen molar-refractivity contribution in [3.63, 3.8) is 0 Å². The number of sulfonamides is 1. The molecule has 0 spiro atoms. The van der Waals surface area contributed by atoms with E-state index in [1.54, 1.807) is 6.92 Å². The molecule has 0 fully saturated rings. The molecule has 1 rings (SSSR count). The fourth-order valence-electron chi connectivity index (χ4n) is 1.56. The average Bonchev–Trinajstić information content (AvgIpc) is 2.43. The van der Waals surface area contributed by atoms with E-state index in [0.717, 1.165) is 0 Å². The fourth-order valence-corrected chi connectivity index (χ4v) is 3.31. The van der Waals surface area contributed by atoms with E-state index in [-0.39, 0.29) is 16.0 Å². The number of ether oxygens (including phenoxy) is 1. The molecule has 0 bridgehead atoms. The molecule has 1 aromatic rings. The number of carbonyl (C=O) groups excluding carboxylic acids is 1. The third-order valence-electron chi connectivity index (χ3n) is 2.96. The summed E-state index contributed by atoms with van der Waals surface area (Å²) in [4.78, 5) is 15.3. The van der Waals surface area contributed by atoms with Gasteiger partial charge in [-0.2, -0.15) is 4.72 Å². The van der Waals surface area contributed by atoms with E-state index in [1.165, 1.54) is 25.4 Å². The molecule has 0 radical (unpaired) electrons. The van der Waals surface area contributed by atoms with Crippen LogP contribution in [0.4, 0.5) is 0 Å². The summed E-state index contributed by atoms with van der Waals surface area (Å²) in [5.74, 6) is -0.851. The van der Waals surface area contributed by atoms with Gasteiger partial charge in [0.25, 0.3) is 0 Å². The Balaban J connectivity index is 3.10. The van der Waals surface area contributed by atoms with E-state index >= 15 is 0 Å². The number of nitrogens with one attached hydrogen (secondary N) is 1. The van der Waals surface area contributed by atoms with Crippen LogP contribution in [0.15, 0.2) is 23.2 Å². The number of esters is 1. The molecular weight excluding hydrogens is 304 g/mol. The summed E-state index contributed by atoms with van der Waals surface area (Å²) in [7, 11) is -2.73. The maximum Gasteiger partial charge on any atom is 0.324 e. The first-order chi connectivity index (χ1) is 9.33. The second-order valence-corrected chi connectivity index (χ2v) is 6.34. The summed E-state index contributed by atoms with van der Waals surface area (Å²) in [6.07, 6.45) is 2.00. The summed E-state index contributed by atoms with van der Waals surface area (Å²) in [6, 6.07) is 1.81. The number of rotatable bonds is 6. The SMILES string of the molecule is CCC(C)C(NS(=O)(=O)c1cccnc1Cl)C(=O)OC. The van der Waals surface area contributed by atoms with Crippen molar-refractivity contribution in [1.82, 2.24) is 9.71 Å². The summed E-state index contributed by atoms with van der Waals surface area (Å²) in [6.45, 7) is 3.61. The van der Waals surface area contributed by atoms with Gasteiger partial charge in [-0.1, -0.05) is 31.9 Å². The van der Waals surface area contributed by atoms with Gasteiger partial charge >= 0.3 is 5.97 Å². The number of hydrogen-bond acceptors (Lipinski definition) is 5. The first-order valence-corrected chi connectivity index (χ1v) is 7.90. The molecule has 2 atom stereocenters. The van der Waals surface area contributed by atoms with Crippen molar-refractivity contribution >= 4 is 27.6 Å². The predicted molar refractivity (Wildman–Crippen MR) is 74.8 cm³/mol. The second kappa shape index (κ2) is 7.01. The van der Waals surface area contributed by atoms with Crippen LogP contribution in [0.3, 0.4) is 0 Å². The lowest BCUT2D eigenvalue weighted by Gasteiger charge is -2.21. The van der Waals surface area contributed by atoms with Crippen LogP contribution in [0, 0.1) is 5.92 Å². The minimum Gasteiger partial charge on any atom is -0.468 e. The molecule has 20 heavy (non-hydrogen) atoms. The van der Waals surface area contributed by atoms with Gasteiger partial charge in [0, 0.05) is 6.20 Å². The Kier molecular flexibility index (Phi) is 5.91. The molecule has 0 aromatic carbocycles. The van der Waals surface area contributed by atoms with Gasteiger partial charge in [0.1, 0.15) is 16.1 Å². The molecule has 0 aliphatic rings. The van der Waals surface area contributed by atoms with Gasteiger partial charge in [0.05, 0.1) is 7.11 Å². The van der Waals surface area contributed by atoms with Gasteiger partial charge in [-0.3, -0.25) is 4.79 Å². The zero-order chi connectivity index (χ0) is 15.3. The van der Waals surface area contributed by atoms with Crippen LogP contribution in [0.5, 0.6) is 0 Å². The third kappa shape index (κ3) is 3.91. The summed E-state index contributed by atoms with van der Waals surface area (Å²) in [5, 5.41) is -0.146. The van der Waals surface area contributed by atoms with E-state index in [9.17, 15) is 13.2 Å². The average molecular weight is 321 g/mol. The van der Waals surface area contributed by atoms with Crippen LogP contribution in [-0.4, -0.2) is 32.5 Å². The summed E-state index contributed by atoms with van der Waals surface area (Å²) < 4.78 is 31.5. The Morgan fingerprint density at radius 3 is 2.70 bits per heavy atom. The monoisotopic (exact) mass is 320 g/mol. The Morgan fingerprint density at radius 2 is 2.20 bits per heavy atom. The smallest absolute Gasteiger partial charge is 0.324 e. The molecule has 0 amide bonds. The van der Waals surface area contributed by atoms with Crippen molar-refractivity contribution in [3.8, 4) is 0 Å². The minimum absolute atomic E-state index is 0.146. The first kappa shape index (κ1) is 16.9. The van der Waals surface area contributed by atoms with E-state index < -0.39 is 22.0 Å². The topological polar surface area (TPSA) is 85.4 Å². The minimum atomic E-state index is -3.95. The van der Waals surface area contributed by atoms with E-state index in [4.69, 9.17) is 11.6 Å². The number of pyridine rings is 1. The predicted octanol–water partition coefficient (Wildman–Crippen LogP) is 1.60. The van der Waals surface area contributed by atoms with E-state index in [1.807, 2.05) is 6.92 Å². The van der Waals surface area contributed by atoms with Crippen molar-refractivity contribution in [2.75, 3.05) is 7.11 Å².